The van der Waals surface area contributed by atoms with Crippen LogP contribution in [0.2, 0.25) is 0 Å². The Hall–Kier alpha value is -2.55. The van der Waals surface area contributed by atoms with Crippen LogP contribution in [-0.4, -0.2) is 28.1 Å². The number of ether oxygens (including phenoxy) is 1. The highest BCUT2D eigenvalue weighted by Crippen LogP contribution is 2.42. The average Bonchev–Trinajstić information content (AvgIpc) is 3.13. The quantitative estimate of drug-likeness (QED) is 0.290. The Bertz CT molecular complexity index is 1350. The molecule has 2 aromatic heterocycles. The van der Waals surface area contributed by atoms with E-state index in [1.165, 1.54) is 13.2 Å². The molecule has 3 aromatic rings. The van der Waals surface area contributed by atoms with Crippen molar-refractivity contribution < 1.29 is 19.0 Å². The molecule has 5 rings (SSSR count). The predicted molar refractivity (Wildman–Crippen MR) is 117 cm³/mol. The lowest BCUT2D eigenvalue weighted by Gasteiger charge is -2.22. The van der Waals surface area contributed by atoms with Crippen LogP contribution in [0.3, 0.4) is 0 Å². The number of halogens is 1. The number of pyridine rings is 2. The summed E-state index contributed by atoms with van der Waals surface area (Å²) in [6.45, 7) is 2.06. The fourth-order valence-corrected chi connectivity index (χ4v) is 5.18. The van der Waals surface area contributed by atoms with Crippen molar-refractivity contribution in [2.75, 3.05) is 7.11 Å². The summed E-state index contributed by atoms with van der Waals surface area (Å²) < 4.78 is 21.3. The molecule has 0 bridgehead atoms. The molecule has 0 amide bonds. The molecule has 0 fully saturated rings. The first kappa shape index (κ1) is 20.4. The van der Waals surface area contributed by atoms with Crippen molar-refractivity contribution in [2.24, 2.45) is 0 Å². The Morgan fingerprint density at radius 1 is 1.32 bits per heavy atom. The lowest BCUT2D eigenvalue weighted by Crippen LogP contribution is -2.31. The van der Waals surface area contributed by atoms with Gasteiger partial charge in [-0.2, -0.15) is 0 Å². The molecule has 1 unspecified atom stereocenters. The van der Waals surface area contributed by atoms with E-state index in [-0.39, 0.29) is 35.4 Å². The molecule has 0 radical (unpaired) electrons. The number of aromatic nitrogens is 2. The van der Waals surface area contributed by atoms with Crippen LogP contribution in [0.4, 0.5) is 4.39 Å². The van der Waals surface area contributed by atoms with Crippen LogP contribution < -0.4 is 5.56 Å². The van der Waals surface area contributed by atoms with Crippen LogP contribution >= 0.6 is 12.6 Å². The van der Waals surface area contributed by atoms with E-state index in [9.17, 15) is 19.1 Å². The number of benzene rings is 1. The summed E-state index contributed by atoms with van der Waals surface area (Å²) in [5.74, 6) is -0.292. The van der Waals surface area contributed by atoms with Gasteiger partial charge in [0.2, 0.25) is 0 Å². The number of fused-ring (bicyclic) bond motifs is 4. The van der Waals surface area contributed by atoms with E-state index in [4.69, 9.17) is 9.72 Å². The van der Waals surface area contributed by atoms with Crippen molar-refractivity contribution in [3.63, 3.8) is 0 Å². The molecule has 1 aliphatic heterocycles. The summed E-state index contributed by atoms with van der Waals surface area (Å²) >= 11 is 4.06. The number of rotatable bonds is 4. The molecule has 1 aromatic carbocycles. The number of thiol groups is 1. The third-order valence-electron chi connectivity index (χ3n) is 6.48. The summed E-state index contributed by atoms with van der Waals surface area (Å²) in [7, 11) is 1.44. The van der Waals surface area contributed by atoms with E-state index < -0.39 is 4.93 Å². The van der Waals surface area contributed by atoms with Gasteiger partial charge >= 0.3 is 0 Å². The summed E-state index contributed by atoms with van der Waals surface area (Å²) in [6, 6.07) is 3.02. The largest absolute Gasteiger partial charge is 0.380 e. The van der Waals surface area contributed by atoms with Gasteiger partial charge in [0.05, 0.1) is 35.6 Å². The van der Waals surface area contributed by atoms with Gasteiger partial charge in [-0.1, -0.05) is 0 Å². The van der Waals surface area contributed by atoms with E-state index in [0.29, 0.717) is 29.0 Å². The lowest BCUT2D eigenvalue weighted by molar-refractivity contribution is -0.117. The Morgan fingerprint density at radius 2 is 2.06 bits per heavy atom. The van der Waals surface area contributed by atoms with E-state index >= 15 is 0 Å². The molecule has 8 heteroatoms. The highest BCUT2D eigenvalue weighted by molar-refractivity contribution is 7.81. The number of hydrogen-bond donors (Lipinski definition) is 2. The van der Waals surface area contributed by atoms with E-state index in [0.717, 1.165) is 41.3 Å². The minimum absolute atomic E-state index is 0.0711. The van der Waals surface area contributed by atoms with Gasteiger partial charge in [-0.3, -0.25) is 9.59 Å². The Kier molecular flexibility index (Phi) is 4.58. The van der Waals surface area contributed by atoms with Crippen molar-refractivity contribution >= 4 is 29.8 Å². The van der Waals surface area contributed by atoms with Gasteiger partial charge < -0.3 is 14.4 Å². The number of carbonyl (C=O) groups is 1. The van der Waals surface area contributed by atoms with Gasteiger partial charge in [0.15, 0.2) is 11.2 Å². The van der Waals surface area contributed by atoms with E-state index in [1.807, 2.05) is 0 Å². The summed E-state index contributed by atoms with van der Waals surface area (Å²) in [5, 5.41) is 11.5. The second kappa shape index (κ2) is 6.98. The molecule has 0 saturated carbocycles. The van der Waals surface area contributed by atoms with Gasteiger partial charge in [0.25, 0.3) is 5.56 Å². The molecule has 1 N–H and O–H groups in total. The van der Waals surface area contributed by atoms with Crippen molar-refractivity contribution in [2.45, 2.75) is 44.3 Å². The number of methoxy groups -OCH3 is 1. The highest BCUT2D eigenvalue weighted by Gasteiger charge is 2.35. The summed E-state index contributed by atoms with van der Waals surface area (Å²) in [4.78, 5) is 27.4. The molecular formula is C23H21FN2O4S. The number of hydrogen-bond acceptors (Lipinski definition) is 6. The molecule has 6 nitrogen and oxygen atoms in total. The smallest absolute Gasteiger partial charge is 0.257 e. The minimum Gasteiger partial charge on any atom is -0.380 e. The molecule has 2 aliphatic rings. The fourth-order valence-electron chi connectivity index (χ4n) is 4.98. The van der Waals surface area contributed by atoms with Crippen LogP contribution in [0.1, 0.15) is 39.8 Å². The number of carbonyl (C=O) groups excluding carboxylic acids is 1. The summed E-state index contributed by atoms with van der Waals surface area (Å²) in [5.41, 5.74) is 5.17. The fraction of sp³-hybridized carbons (Fsp3) is 0.348. The second-order valence-corrected chi connectivity index (χ2v) is 8.90. The zero-order valence-corrected chi connectivity index (χ0v) is 18.1. The number of aldehydes is 1. The molecule has 3 heterocycles. The molecule has 0 saturated heterocycles. The molecule has 1 aliphatic carbocycles. The maximum atomic E-state index is 14.6. The van der Waals surface area contributed by atoms with Gasteiger partial charge in [-0.25, -0.2) is 9.37 Å². The third kappa shape index (κ3) is 2.82. The average molecular weight is 440 g/mol. The van der Waals surface area contributed by atoms with E-state index in [2.05, 4.69) is 12.6 Å². The van der Waals surface area contributed by atoms with E-state index in [1.54, 1.807) is 17.6 Å². The molecular weight excluding hydrogens is 419 g/mol. The van der Waals surface area contributed by atoms with Crippen molar-refractivity contribution in [3.05, 3.63) is 61.7 Å². The second-order valence-electron chi connectivity index (χ2n) is 8.22. The first-order valence-electron chi connectivity index (χ1n) is 10.1. The Labute approximate surface area is 183 Å². The van der Waals surface area contributed by atoms with Crippen LogP contribution in [0.25, 0.3) is 22.3 Å². The van der Waals surface area contributed by atoms with Gasteiger partial charge in [-0.05, 0) is 48.9 Å². The Balaban J connectivity index is 1.85. The first-order chi connectivity index (χ1) is 14.8. The van der Waals surface area contributed by atoms with Crippen LogP contribution in [0, 0.1) is 12.7 Å². The van der Waals surface area contributed by atoms with Gasteiger partial charge in [0, 0.05) is 29.7 Å². The predicted octanol–water partition coefficient (Wildman–Crippen LogP) is 2.78. The first-order valence-corrected chi connectivity index (χ1v) is 10.5. The van der Waals surface area contributed by atoms with Gasteiger partial charge in [0.1, 0.15) is 5.82 Å². The SMILES string of the molecule is COCc1c(C(O)(S)C=O)cc2n(c1=O)Cc1c-2nc2cc(F)c(C)c3c2c1CCC3. The zero-order chi connectivity index (χ0) is 22.1. The van der Waals surface area contributed by atoms with Crippen molar-refractivity contribution in [1.29, 1.82) is 0 Å². The highest BCUT2D eigenvalue weighted by atomic mass is 32.1. The number of aliphatic hydroxyl groups is 1. The minimum atomic E-state index is -2.15. The zero-order valence-electron chi connectivity index (χ0n) is 17.2. The standard InChI is InChI=1S/C23H21FN2O4S/c1-11-12-4-3-5-13-14-8-26-19(21(14)25-18(20(12)13)7-17(11)24)6-16(23(29,31)10-27)15(9-30-2)22(26)28/h6-7,10,29,31H,3-5,8-9H2,1-2H3. The maximum absolute atomic E-state index is 14.6. The van der Waals surface area contributed by atoms with Gasteiger partial charge in [-0.15, -0.1) is 12.6 Å². The molecule has 1 atom stereocenters. The topological polar surface area (TPSA) is 81.4 Å². The molecule has 31 heavy (non-hydrogen) atoms. The number of aryl methyl sites for hydroxylation is 2. The lowest BCUT2D eigenvalue weighted by atomic mass is 9.85. The normalized spacial score (nSPS) is 16.2. The third-order valence-corrected chi connectivity index (χ3v) is 6.82. The maximum Gasteiger partial charge on any atom is 0.257 e. The van der Waals surface area contributed by atoms with Crippen LogP contribution in [-0.2, 0) is 40.5 Å². The van der Waals surface area contributed by atoms with Crippen LogP contribution in [0.15, 0.2) is 16.9 Å². The van der Waals surface area contributed by atoms with Crippen molar-refractivity contribution in [1.82, 2.24) is 9.55 Å². The summed E-state index contributed by atoms with van der Waals surface area (Å²) in [6.07, 6.45) is 2.80. The van der Waals surface area contributed by atoms with Crippen LogP contribution in [0.5, 0.6) is 0 Å². The molecule has 0 spiro atoms. The monoisotopic (exact) mass is 440 g/mol. The Morgan fingerprint density at radius 3 is 2.77 bits per heavy atom. The number of nitrogens with zero attached hydrogens (tertiary/aromatic N) is 2. The molecule has 160 valence electrons. The van der Waals surface area contributed by atoms with Crippen molar-refractivity contribution in [3.8, 4) is 11.4 Å².